The highest BCUT2D eigenvalue weighted by Gasteiger charge is 2.45. The number of hydrogen-bond acceptors (Lipinski definition) is 6. The van der Waals surface area contributed by atoms with Crippen LogP contribution in [0.1, 0.15) is 63.6 Å². The molecule has 2 aromatic heterocycles. The normalized spacial score (nSPS) is 20.8. The van der Waals surface area contributed by atoms with Gasteiger partial charge in [-0.1, -0.05) is 20.8 Å². The predicted molar refractivity (Wildman–Crippen MR) is 148 cm³/mol. The Morgan fingerprint density at radius 1 is 1.05 bits per heavy atom. The minimum atomic E-state index is -0.630. The van der Waals surface area contributed by atoms with Gasteiger partial charge in [0.05, 0.1) is 24.3 Å². The van der Waals surface area contributed by atoms with Crippen molar-refractivity contribution in [1.82, 2.24) is 14.8 Å². The van der Waals surface area contributed by atoms with Crippen LogP contribution in [0.3, 0.4) is 0 Å². The van der Waals surface area contributed by atoms with Gasteiger partial charge in [0.15, 0.2) is 11.3 Å². The van der Waals surface area contributed by atoms with Gasteiger partial charge in [-0.05, 0) is 62.4 Å². The second-order valence-electron chi connectivity index (χ2n) is 12.6. The number of rotatable bonds is 4. The van der Waals surface area contributed by atoms with Crippen LogP contribution in [0.2, 0.25) is 0 Å². The first-order chi connectivity index (χ1) is 18.8. The summed E-state index contributed by atoms with van der Waals surface area (Å²) in [4.78, 5) is 46.9. The van der Waals surface area contributed by atoms with Crippen LogP contribution in [0, 0.1) is 17.7 Å². The average molecular weight is 550 g/mol. The Bertz CT molecular complexity index is 1460. The van der Waals surface area contributed by atoms with Crippen LogP contribution in [0.15, 0.2) is 40.8 Å². The number of piperazine rings is 1. The molecule has 1 aromatic carbocycles. The minimum absolute atomic E-state index is 0.0244. The van der Waals surface area contributed by atoms with Crippen LogP contribution in [0.5, 0.6) is 0 Å². The highest BCUT2D eigenvalue weighted by molar-refractivity contribution is 5.97. The summed E-state index contributed by atoms with van der Waals surface area (Å²) in [5, 5.41) is 0. The van der Waals surface area contributed by atoms with Gasteiger partial charge in [-0.15, -0.1) is 0 Å². The number of fused-ring (bicyclic) bond motifs is 1. The summed E-state index contributed by atoms with van der Waals surface area (Å²) in [6.45, 7) is 11.2. The Morgan fingerprint density at radius 2 is 1.73 bits per heavy atom. The number of pyridine rings is 1. The first kappa shape index (κ1) is 27.8. The standard InChI is InChI=1S/C31H36FN3O5/c1-30(2,3)22-15-23(18-7-9-21(32)10-8-18)33-24-16-25(40-26(22)24)28(37)35-12-11-34(17-31(35,4)5)27(36)19-13-20(14-19)29(38)39-6/h7-10,15-16,19-20H,11-14,17H2,1-6H3. The van der Waals surface area contributed by atoms with Gasteiger partial charge in [-0.25, -0.2) is 9.37 Å². The molecule has 1 aliphatic heterocycles. The summed E-state index contributed by atoms with van der Waals surface area (Å²) in [6.07, 6.45) is 1.01. The maximum atomic E-state index is 13.8. The lowest BCUT2D eigenvalue weighted by Crippen LogP contribution is -2.63. The van der Waals surface area contributed by atoms with E-state index >= 15 is 0 Å². The molecule has 212 valence electrons. The topological polar surface area (TPSA) is 93.0 Å². The Kier molecular flexibility index (Phi) is 6.96. The summed E-state index contributed by atoms with van der Waals surface area (Å²) in [7, 11) is 1.36. The molecular formula is C31H36FN3O5. The monoisotopic (exact) mass is 549 g/mol. The van der Waals surface area contributed by atoms with Crippen molar-refractivity contribution in [3.63, 3.8) is 0 Å². The van der Waals surface area contributed by atoms with E-state index in [0.29, 0.717) is 49.3 Å². The lowest BCUT2D eigenvalue weighted by molar-refractivity contribution is -0.155. The van der Waals surface area contributed by atoms with Gasteiger partial charge in [0, 0.05) is 42.7 Å². The molecule has 0 radical (unpaired) electrons. The van der Waals surface area contributed by atoms with Crippen LogP contribution in [-0.4, -0.2) is 64.9 Å². The molecule has 3 aromatic rings. The fourth-order valence-corrected chi connectivity index (χ4v) is 5.74. The number of carbonyl (C=O) groups excluding carboxylic acids is 3. The van der Waals surface area contributed by atoms with Gasteiger partial charge in [-0.2, -0.15) is 0 Å². The van der Waals surface area contributed by atoms with Crippen LogP contribution < -0.4 is 0 Å². The Labute approximate surface area is 233 Å². The Hall–Kier alpha value is -3.75. The molecule has 0 spiro atoms. The number of methoxy groups -OCH3 is 1. The Balaban J connectivity index is 1.38. The summed E-state index contributed by atoms with van der Waals surface area (Å²) in [5.74, 6) is -1.02. The van der Waals surface area contributed by atoms with Crippen LogP contribution in [0.25, 0.3) is 22.4 Å². The number of carbonyl (C=O) groups is 3. The van der Waals surface area contributed by atoms with E-state index in [2.05, 4.69) is 20.8 Å². The zero-order chi connectivity index (χ0) is 29.0. The first-order valence-corrected chi connectivity index (χ1v) is 13.7. The molecule has 1 saturated heterocycles. The van der Waals surface area contributed by atoms with Crippen molar-refractivity contribution < 1.29 is 27.9 Å². The molecule has 0 bridgehead atoms. The molecule has 0 unspecified atom stereocenters. The number of aromatic nitrogens is 1. The van der Waals surface area contributed by atoms with Gasteiger partial charge in [0.1, 0.15) is 11.3 Å². The second-order valence-corrected chi connectivity index (χ2v) is 12.6. The van der Waals surface area contributed by atoms with Crippen LogP contribution in [0.4, 0.5) is 4.39 Å². The second kappa shape index (κ2) is 10.0. The van der Waals surface area contributed by atoms with Crippen molar-refractivity contribution in [3.8, 4) is 11.3 Å². The number of benzene rings is 1. The van der Waals surface area contributed by atoms with E-state index in [1.165, 1.54) is 19.2 Å². The first-order valence-electron chi connectivity index (χ1n) is 13.7. The number of halogens is 1. The van der Waals surface area contributed by atoms with E-state index in [0.717, 1.165) is 11.1 Å². The molecule has 0 atom stereocenters. The van der Waals surface area contributed by atoms with Crippen molar-refractivity contribution in [2.24, 2.45) is 11.8 Å². The summed E-state index contributed by atoms with van der Waals surface area (Å²) >= 11 is 0. The van der Waals surface area contributed by atoms with Crippen molar-refractivity contribution >= 4 is 28.9 Å². The lowest BCUT2D eigenvalue weighted by Gasteiger charge is -2.48. The molecule has 3 heterocycles. The molecule has 9 heteroatoms. The largest absolute Gasteiger partial charge is 0.469 e. The van der Waals surface area contributed by atoms with E-state index in [-0.39, 0.29) is 46.6 Å². The molecule has 2 amide bonds. The van der Waals surface area contributed by atoms with E-state index in [4.69, 9.17) is 14.1 Å². The van der Waals surface area contributed by atoms with E-state index in [1.54, 1.807) is 28.0 Å². The van der Waals surface area contributed by atoms with Crippen LogP contribution in [-0.2, 0) is 19.7 Å². The molecule has 0 N–H and O–H groups in total. The number of esters is 1. The SMILES string of the molecule is COC(=O)C1CC(C(=O)N2CCN(C(=O)c3cc4nc(-c5ccc(F)cc5)cc(C(C)(C)C)c4o3)C(C)(C)C2)C1. The van der Waals surface area contributed by atoms with Crippen molar-refractivity contribution in [3.05, 3.63) is 53.5 Å². The third-order valence-electron chi connectivity index (χ3n) is 8.12. The van der Waals surface area contributed by atoms with Crippen molar-refractivity contribution in [2.45, 2.75) is 58.4 Å². The number of amides is 2. The van der Waals surface area contributed by atoms with Crippen molar-refractivity contribution in [1.29, 1.82) is 0 Å². The lowest BCUT2D eigenvalue weighted by atomic mass is 9.74. The van der Waals surface area contributed by atoms with Gasteiger partial charge >= 0.3 is 5.97 Å². The molecule has 1 saturated carbocycles. The third-order valence-corrected chi connectivity index (χ3v) is 8.12. The summed E-state index contributed by atoms with van der Waals surface area (Å²) in [6, 6.07) is 9.78. The average Bonchev–Trinajstić information content (AvgIpc) is 3.30. The van der Waals surface area contributed by atoms with Crippen molar-refractivity contribution in [2.75, 3.05) is 26.7 Å². The Morgan fingerprint density at radius 3 is 2.33 bits per heavy atom. The predicted octanol–water partition coefficient (Wildman–Crippen LogP) is 5.19. The summed E-state index contributed by atoms with van der Waals surface area (Å²) < 4.78 is 24.5. The zero-order valence-corrected chi connectivity index (χ0v) is 23.9. The molecule has 5 rings (SSSR count). The van der Waals surface area contributed by atoms with E-state index in [9.17, 15) is 18.8 Å². The third kappa shape index (κ3) is 5.09. The molecule has 40 heavy (non-hydrogen) atoms. The van der Waals surface area contributed by atoms with Gasteiger partial charge < -0.3 is 19.0 Å². The van der Waals surface area contributed by atoms with Gasteiger partial charge in [0.2, 0.25) is 5.91 Å². The quantitative estimate of drug-likeness (QED) is 0.416. The highest BCUT2D eigenvalue weighted by Crippen LogP contribution is 2.38. The maximum absolute atomic E-state index is 13.8. The van der Waals surface area contributed by atoms with Crippen LogP contribution >= 0.6 is 0 Å². The van der Waals surface area contributed by atoms with Gasteiger partial charge in [0.25, 0.3) is 5.91 Å². The number of ether oxygens (including phenoxy) is 1. The number of nitrogens with zero attached hydrogens (tertiary/aromatic N) is 3. The molecule has 8 nitrogen and oxygen atoms in total. The van der Waals surface area contributed by atoms with Gasteiger partial charge in [-0.3, -0.25) is 14.4 Å². The highest BCUT2D eigenvalue weighted by atomic mass is 19.1. The molecule has 2 aliphatic rings. The smallest absolute Gasteiger partial charge is 0.308 e. The van der Waals surface area contributed by atoms with E-state index in [1.807, 2.05) is 19.9 Å². The summed E-state index contributed by atoms with van der Waals surface area (Å²) in [5.41, 5.74) is 2.54. The molecule has 2 fully saturated rings. The maximum Gasteiger partial charge on any atom is 0.308 e. The number of furan rings is 1. The zero-order valence-electron chi connectivity index (χ0n) is 23.9. The molecular weight excluding hydrogens is 513 g/mol. The minimum Gasteiger partial charge on any atom is -0.469 e. The molecule has 1 aliphatic carbocycles. The van der Waals surface area contributed by atoms with E-state index < -0.39 is 5.54 Å². The fraction of sp³-hybridized carbons (Fsp3) is 0.484. The fourth-order valence-electron chi connectivity index (χ4n) is 5.74. The number of hydrogen-bond donors (Lipinski definition) is 0.